The maximum Gasteiger partial charge on any atom is 0.312 e. The quantitative estimate of drug-likeness (QED) is 0.807. The molecule has 1 aromatic heterocycles. The molecule has 1 aromatic rings. The van der Waals surface area contributed by atoms with E-state index < -0.39 is 11.9 Å². The van der Waals surface area contributed by atoms with Gasteiger partial charge in [-0.25, -0.2) is 0 Å². The maximum absolute atomic E-state index is 11.1. The van der Waals surface area contributed by atoms with Gasteiger partial charge in [0.05, 0.1) is 11.6 Å². The van der Waals surface area contributed by atoms with Crippen molar-refractivity contribution in [1.29, 1.82) is 0 Å². The molecule has 90 valence electrons. The van der Waals surface area contributed by atoms with E-state index in [1.165, 1.54) is 0 Å². The molecule has 0 aliphatic heterocycles. The van der Waals surface area contributed by atoms with Crippen LogP contribution in [0.25, 0.3) is 0 Å². The summed E-state index contributed by atoms with van der Waals surface area (Å²) in [6.45, 7) is 7.84. The molecule has 1 atom stereocenters. The lowest BCUT2D eigenvalue weighted by molar-refractivity contribution is -0.138. The molecule has 1 unspecified atom stereocenters. The van der Waals surface area contributed by atoms with Crippen LogP contribution in [-0.2, 0) is 4.79 Å². The summed E-state index contributed by atoms with van der Waals surface area (Å²) >= 11 is 0. The first kappa shape index (κ1) is 12.7. The van der Waals surface area contributed by atoms with Gasteiger partial charge in [0, 0.05) is 23.8 Å². The SMILES string of the molecule is Cc1nn(C(C)C)c(C)c1C(CN)C(=O)O. The summed E-state index contributed by atoms with van der Waals surface area (Å²) in [6.07, 6.45) is 0. The molecule has 5 nitrogen and oxygen atoms in total. The monoisotopic (exact) mass is 225 g/mol. The molecule has 0 saturated heterocycles. The minimum absolute atomic E-state index is 0.0980. The summed E-state index contributed by atoms with van der Waals surface area (Å²) in [5.41, 5.74) is 7.91. The van der Waals surface area contributed by atoms with Gasteiger partial charge in [-0.1, -0.05) is 0 Å². The summed E-state index contributed by atoms with van der Waals surface area (Å²) < 4.78 is 1.84. The van der Waals surface area contributed by atoms with Crippen LogP contribution in [0.4, 0.5) is 0 Å². The van der Waals surface area contributed by atoms with Crippen molar-refractivity contribution < 1.29 is 9.90 Å². The third-order valence-electron chi connectivity index (χ3n) is 2.75. The van der Waals surface area contributed by atoms with E-state index in [1.54, 1.807) is 0 Å². The predicted molar refractivity (Wildman–Crippen MR) is 61.5 cm³/mol. The Kier molecular flexibility index (Phi) is 3.70. The van der Waals surface area contributed by atoms with E-state index >= 15 is 0 Å². The van der Waals surface area contributed by atoms with Crippen LogP contribution in [0.5, 0.6) is 0 Å². The van der Waals surface area contributed by atoms with Gasteiger partial charge in [0.1, 0.15) is 0 Å². The van der Waals surface area contributed by atoms with Crippen LogP contribution >= 0.6 is 0 Å². The van der Waals surface area contributed by atoms with Crippen LogP contribution in [0.3, 0.4) is 0 Å². The van der Waals surface area contributed by atoms with Gasteiger partial charge in [-0.05, 0) is 27.7 Å². The highest BCUT2D eigenvalue weighted by Crippen LogP contribution is 2.25. The number of nitrogens with two attached hydrogens (primary N) is 1. The fourth-order valence-electron chi connectivity index (χ4n) is 2.02. The average molecular weight is 225 g/mol. The van der Waals surface area contributed by atoms with Gasteiger partial charge in [-0.3, -0.25) is 9.48 Å². The summed E-state index contributed by atoms with van der Waals surface area (Å²) in [5, 5.41) is 13.5. The molecule has 1 rings (SSSR count). The van der Waals surface area contributed by atoms with E-state index in [1.807, 2.05) is 32.4 Å². The van der Waals surface area contributed by atoms with Crippen molar-refractivity contribution in [1.82, 2.24) is 9.78 Å². The highest BCUT2D eigenvalue weighted by molar-refractivity contribution is 5.77. The van der Waals surface area contributed by atoms with Crippen molar-refractivity contribution in [3.8, 4) is 0 Å². The largest absolute Gasteiger partial charge is 0.481 e. The number of carbonyl (C=O) groups is 1. The lowest BCUT2D eigenvalue weighted by Gasteiger charge is -2.12. The summed E-state index contributed by atoms with van der Waals surface area (Å²) in [7, 11) is 0. The Morgan fingerprint density at radius 2 is 2.06 bits per heavy atom. The fraction of sp³-hybridized carbons (Fsp3) is 0.636. The Bertz CT molecular complexity index is 396. The summed E-state index contributed by atoms with van der Waals surface area (Å²) in [6, 6.07) is 0.222. The van der Waals surface area contributed by atoms with Crippen molar-refractivity contribution in [2.24, 2.45) is 5.73 Å². The second-order valence-electron chi connectivity index (χ2n) is 4.25. The van der Waals surface area contributed by atoms with Crippen molar-refractivity contribution in [3.63, 3.8) is 0 Å². The van der Waals surface area contributed by atoms with Crippen LogP contribution < -0.4 is 5.73 Å². The molecule has 0 aromatic carbocycles. The number of hydrogen-bond acceptors (Lipinski definition) is 3. The highest BCUT2D eigenvalue weighted by Gasteiger charge is 2.26. The van der Waals surface area contributed by atoms with Crippen LogP contribution in [0.15, 0.2) is 0 Å². The van der Waals surface area contributed by atoms with Crippen molar-refractivity contribution in [3.05, 3.63) is 17.0 Å². The Morgan fingerprint density at radius 1 is 1.50 bits per heavy atom. The number of aliphatic carboxylic acids is 1. The van der Waals surface area contributed by atoms with Crippen LogP contribution in [-0.4, -0.2) is 27.4 Å². The molecule has 0 bridgehead atoms. The molecular weight excluding hydrogens is 206 g/mol. The zero-order valence-electron chi connectivity index (χ0n) is 10.2. The summed E-state index contributed by atoms with van der Waals surface area (Å²) in [5.74, 6) is -1.55. The molecule has 0 aliphatic rings. The van der Waals surface area contributed by atoms with E-state index in [4.69, 9.17) is 10.8 Å². The number of carboxylic acid groups (broad SMARTS) is 1. The predicted octanol–water partition coefficient (Wildman–Crippen LogP) is 1.21. The number of rotatable bonds is 4. The average Bonchev–Trinajstić information content (AvgIpc) is 2.46. The standard InChI is InChI=1S/C11H19N3O2/c1-6(2)14-8(4)10(7(3)13-14)9(5-12)11(15)16/h6,9H,5,12H2,1-4H3,(H,15,16). The Balaban J connectivity index is 3.28. The first-order chi connectivity index (χ1) is 7.40. The molecule has 1 heterocycles. The third kappa shape index (κ3) is 2.09. The normalized spacial score (nSPS) is 13.1. The van der Waals surface area contributed by atoms with Crippen LogP contribution in [0.2, 0.25) is 0 Å². The zero-order chi connectivity index (χ0) is 12.5. The first-order valence-corrected chi connectivity index (χ1v) is 5.38. The van der Waals surface area contributed by atoms with Crippen molar-refractivity contribution in [2.75, 3.05) is 6.54 Å². The van der Waals surface area contributed by atoms with E-state index in [9.17, 15) is 4.79 Å². The van der Waals surface area contributed by atoms with Gasteiger partial charge in [-0.2, -0.15) is 5.10 Å². The number of hydrogen-bond donors (Lipinski definition) is 2. The molecule has 3 N–H and O–H groups in total. The lowest BCUT2D eigenvalue weighted by atomic mass is 9.97. The number of aryl methyl sites for hydroxylation is 1. The van der Waals surface area contributed by atoms with Crippen molar-refractivity contribution in [2.45, 2.75) is 39.7 Å². The van der Waals surface area contributed by atoms with E-state index in [0.29, 0.717) is 0 Å². The molecule has 0 amide bonds. The molecular formula is C11H19N3O2. The van der Waals surface area contributed by atoms with Gasteiger partial charge in [0.2, 0.25) is 0 Å². The molecule has 0 radical (unpaired) electrons. The van der Waals surface area contributed by atoms with Gasteiger partial charge in [0.25, 0.3) is 0 Å². The first-order valence-electron chi connectivity index (χ1n) is 5.38. The molecule has 0 fully saturated rings. The number of aromatic nitrogens is 2. The molecule has 0 saturated carbocycles. The third-order valence-corrected chi connectivity index (χ3v) is 2.75. The summed E-state index contributed by atoms with van der Waals surface area (Å²) in [4.78, 5) is 11.1. The molecule has 5 heteroatoms. The molecule has 0 spiro atoms. The zero-order valence-corrected chi connectivity index (χ0v) is 10.2. The van der Waals surface area contributed by atoms with Crippen LogP contribution in [0, 0.1) is 13.8 Å². The van der Waals surface area contributed by atoms with E-state index in [-0.39, 0.29) is 12.6 Å². The molecule has 16 heavy (non-hydrogen) atoms. The van der Waals surface area contributed by atoms with E-state index in [0.717, 1.165) is 17.0 Å². The second-order valence-corrected chi connectivity index (χ2v) is 4.25. The minimum Gasteiger partial charge on any atom is -0.481 e. The molecule has 0 aliphatic carbocycles. The Labute approximate surface area is 95.3 Å². The van der Waals surface area contributed by atoms with Gasteiger partial charge in [-0.15, -0.1) is 0 Å². The van der Waals surface area contributed by atoms with Crippen molar-refractivity contribution >= 4 is 5.97 Å². The van der Waals surface area contributed by atoms with Gasteiger partial charge < -0.3 is 10.8 Å². The topological polar surface area (TPSA) is 81.1 Å². The van der Waals surface area contributed by atoms with Gasteiger partial charge >= 0.3 is 5.97 Å². The smallest absolute Gasteiger partial charge is 0.312 e. The lowest BCUT2D eigenvalue weighted by Crippen LogP contribution is -2.22. The number of carboxylic acids is 1. The van der Waals surface area contributed by atoms with Gasteiger partial charge in [0.15, 0.2) is 0 Å². The maximum atomic E-state index is 11.1. The fourth-order valence-corrected chi connectivity index (χ4v) is 2.02. The Morgan fingerprint density at radius 3 is 2.38 bits per heavy atom. The van der Waals surface area contributed by atoms with Crippen LogP contribution in [0.1, 0.15) is 42.8 Å². The highest BCUT2D eigenvalue weighted by atomic mass is 16.4. The van der Waals surface area contributed by atoms with E-state index in [2.05, 4.69) is 5.10 Å². The Hall–Kier alpha value is -1.36. The second kappa shape index (κ2) is 4.65. The number of nitrogens with zero attached hydrogens (tertiary/aromatic N) is 2. The minimum atomic E-state index is -0.892.